The molecule has 0 unspecified atom stereocenters. The van der Waals surface area contributed by atoms with Crippen molar-refractivity contribution in [2.45, 2.75) is 18.7 Å². The van der Waals surface area contributed by atoms with Crippen molar-refractivity contribution in [3.8, 4) is 0 Å². The highest BCUT2D eigenvalue weighted by molar-refractivity contribution is 8.13. The van der Waals surface area contributed by atoms with Crippen molar-refractivity contribution in [2.24, 2.45) is 0 Å². The van der Waals surface area contributed by atoms with Crippen molar-refractivity contribution in [1.29, 1.82) is 0 Å². The van der Waals surface area contributed by atoms with Crippen LogP contribution < -0.4 is 0 Å². The minimum Gasteiger partial charge on any atom is -0.339 e. The normalized spacial score (nSPS) is 11.4. The Balaban J connectivity index is 3.41. The standard InChI is InChI=1S/C11H12Cl3NO3S/c1-3-15(4-2)11(16)7-5-10(19(14,17)18)9(13)6-8(7)12/h5-6H,3-4H2,1-2H3. The number of hydrogen-bond acceptors (Lipinski definition) is 3. The summed E-state index contributed by atoms with van der Waals surface area (Å²) < 4.78 is 22.7. The molecule has 1 rings (SSSR count). The van der Waals surface area contributed by atoms with E-state index in [1.54, 1.807) is 0 Å². The van der Waals surface area contributed by atoms with Gasteiger partial charge in [-0.15, -0.1) is 0 Å². The van der Waals surface area contributed by atoms with Gasteiger partial charge in [0.25, 0.3) is 15.0 Å². The second-order valence-corrected chi connectivity index (χ2v) is 7.03. The molecule has 0 aliphatic heterocycles. The van der Waals surface area contributed by atoms with Crippen LogP contribution in [0.3, 0.4) is 0 Å². The fraction of sp³-hybridized carbons (Fsp3) is 0.364. The van der Waals surface area contributed by atoms with E-state index in [0.29, 0.717) is 13.1 Å². The highest BCUT2D eigenvalue weighted by Gasteiger charge is 2.22. The van der Waals surface area contributed by atoms with Crippen LogP contribution in [0.5, 0.6) is 0 Å². The maximum Gasteiger partial charge on any atom is 0.262 e. The van der Waals surface area contributed by atoms with Crippen LogP contribution in [0.25, 0.3) is 0 Å². The molecule has 0 bridgehead atoms. The molecule has 0 radical (unpaired) electrons. The highest BCUT2D eigenvalue weighted by Crippen LogP contribution is 2.31. The molecule has 0 fully saturated rings. The molecule has 19 heavy (non-hydrogen) atoms. The lowest BCUT2D eigenvalue weighted by Gasteiger charge is -2.19. The van der Waals surface area contributed by atoms with E-state index in [-0.39, 0.29) is 26.4 Å². The van der Waals surface area contributed by atoms with Gasteiger partial charge in [-0.25, -0.2) is 8.42 Å². The van der Waals surface area contributed by atoms with Crippen LogP contribution in [0.2, 0.25) is 10.0 Å². The van der Waals surface area contributed by atoms with Crippen molar-refractivity contribution in [3.05, 3.63) is 27.7 Å². The molecule has 0 spiro atoms. The van der Waals surface area contributed by atoms with Gasteiger partial charge in [0, 0.05) is 23.8 Å². The number of carbonyl (C=O) groups excluding carboxylic acids is 1. The molecule has 0 saturated carbocycles. The summed E-state index contributed by atoms with van der Waals surface area (Å²) in [6.45, 7) is 4.59. The molecule has 0 saturated heterocycles. The van der Waals surface area contributed by atoms with Gasteiger partial charge in [-0.1, -0.05) is 23.2 Å². The Kier molecular flexibility index (Phi) is 5.50. The molecule has 0 heterocycles. The number of nitrogens with zero attached hydrogens (tertiary/aromatic N) is 1. The Morgan fingerprint density at radius 3 is 2.11 bits per heavy atom. The first kappa shape index (κ1) is 16.6. The van der Waals surface area contributed by atoms with Crippen LogP contribution in [0.4, 0.5) is 0 Å². The summed E-state index contributed by atoms with van der Waals surface area (Å²) >= 11 is 11.7. The van der Waals surface area contributed by atoms with Crippen molar-refractivity contribution in [2.75, 3.05) is 13.1 Å². The monoisotopic (exact) mass is 343 g/mol. The lowest BCUT2D eigenvalue weighted by atomic mass is 10.2. The smallest absolute Gasteiger partial charge is 0.262 e. The predicted octanol–water partition coefficient (Wildman–Crippen LogP) is 3.40. The number of rotatable bonds is 4. The van der Waals surface area contributed by atoms with E-state index in [9.17, 15) is 13.2 Å². The van der Waals surface area contributed by atoms with E-state index in [0.717, 1.165) is 6.07 Å². The number of amides is 1. The van der Waals surface area contributed by atoms with Gasteiger partial charge in [0.2, 0.25) is 0 Å². The Morgan fingerprint density at radius 2 is 1.68 bits per heavy atom. The molecule has 106 valence electrons. The number of halogens is 3. The minimum atomic E-state index is -4.03. The maximum absolute atomic E-state index is 12.2. The van der Waals surface area contributed by atoms with Crippen LogP contribution in [0.15, 0.2) is 17.0 Å². The Hall–Kier alpha value is -0.490. The molecule has 1 aromatic carbocycles. The predicted molar refractivity (Wildman–Crippen MR) is 76.8 cm³/mol. The quantitative estimate of drug-likeness (QED) is 0.787. The van der Waals surface area contributed by atoms with E-state index < -0.39 is 9.05 Å². The number of benzene rings is 1. The molecule has 8 heteroatoms. The lowest BCUT2D eigenvalue weighted by Crippen LogP contribution is -2.30. The topological polar surface area (TPSA) is 54.5 Å². The number of hydrogen-bond donors (Lipinski definition) is 0. The summed E-state index contributed by atoms with van der Waals surface area (Å²) in [6.07, 6.45) is 0. The van der Waals surface area contributed by atoms with Gasteiger partial charge in [0.05, 0.1) is 15.6 Å². The molecule has 0 aliphatic carbocycles. The summed E-state index contributed by atoms with van der Waals surface area (Å²) in [4.78, 5) is 13.4. The van der Waals surface area contributed by atoms with Gasteiger partial charge in [-0.05, 0) is 26.0 Å². The Labute approximate surface area is 126 Å². The van der Waals surface area contributed by atoms with Crippen LogP contribution >= 0.6 is 33.9 Å². The zero-order valence-corrected chi connectivity index (χ0v) is 13.4. The summed E-state index contributed by atoms with van der Waals surface area (Å²) in [5, 5.41) is -0.0259. The molecule has 0 atom stereocenters. The van der Waals surface area contributed by atoms with E-state index in [1.807, 2.05) is 13.8 Å². The van der Waals surface area contributed by atoms with Gasteiger partial charge < -0.3 is 4.90 Å². The van der Waals surface area contributed by atoms with Crippen LogP contribution in [-0.2, 0) is 9.05 Å². The SMILES string of the molecule is CCN(CC)C(=O)c1cc(S(=O)(=O)Cl)c(Cl)cc1Cl. The first-order valence-corrected chi connectivity index (χ1v) is 8.51. The zero-order chi connectivity index (χ0) is 14.8. The third kappa shape index (κ3) is 3.75. The van der Waals surface area contributed by atoms with Crippen molar-refractivity contribution in [3.63, 3.8) is 0 Å². The first-order chi connectivity index (χ1) is 8.72. The van der Waals surface area contributed by atoms with Crippen LogP contribution in [-0.4, -0.2) is 32.3 Å². The van der Waals surface area contributed by atoms with Crippen molar-refractivity contribution in [1.82, 2.24) is 4.90 Å². The van der Waals surface area contributed by atoms with E-state index >= 15 is 0 Å². The Bertz CT molecular complexity index is 597. The van der Waals surface area contributed by atoms with E-state index in [1.165, 1.54) is 11.0 Å². The van der Waals surface area contributed by atoms with E-state index in [2.05, 4.69) is 0 Å². The molecule has 0 aliphatic rings. The second kappa shape index (κ2) is 6.31. The fourth-order valence-corrected chi connectivity index (χ4v) is 3.38. The summed E-state index contributed by atoms with van der Waals surface area (Å²) in [5.74, 6) is -0.367. The molecular weight excluding hydrogens is 333 g/mol. The molecule has 0 aromatic heterocycles. The average Bonchev–Trinajstić information content (AvgIpc) is 2.28. The van der Waals surface area contributed by atoms with Gasteiger partial charge in [-0.3, -0.25) is 4.79 Å². The van der Waals surface area contributed by atoms with Crippen LogP contribution in [0, 0.1) is 0 Å². The maximum atomic E-state index is 12.2. The van der Waals surface area contributed by atoms with Gasteiger partial charge in [0.15, 0.2) is 0 Å². The van der Waals surface area contributed by atoms with Gasteiger partial charge in [-0.2, -0.15) is 0 Å². The largest absolute Gasteiger partial charge is 0.339 e. The second-order valence-electron chi connectivity index (χ2n) is 3.68. The zero-order valence-electron chi connectivity index (χ0n) is 10.3. The number of carbonyl (C=O) groups is 1. The van der Waals surface area contributed by atoms with Crippen LogP contribution in [0.1, 0.15) is 24.2 Å². The third-order valence-corrected chi connectivity index (χ3v) is 4.66. The van der Waals surface area contributed by atoms with Crippen molar-refractivity contribution < 1.29 is 13.2 Å². The third-order valence-electron chi connectivity index (χ3n) is 2.57. The minimum absolute atomic E-state index is 0.0639. The molecule has 1 amide bonds. The van der Waals surface area contributed by atoms with Gasteiger partial charge >= 0.3 is 0 Å². The molecular formula is C11H12Cl3NO3S. The van der Waals surface area contributed by atoms with Crippen molar-refractivity contribution >= 4 is 48.8 Å². The average molecular weight is 345 g/mol. The molecule has 4 nitrogen and oxygen atoms in total. The first-order valence-electron chi connectivity index (χ1n) is 5.45. The lowest BCUT2D eigenvalue weighted by molar-refractivity contribution is 0.0773. The summed E-state index contributed by atoms with van der Waals surface area (Å²) in [5.41, 5.74) is 0.0639. The Morgan fingerprint density at radius 1 is 1.16 bits per heavy atom. The summed E-state index contributed by atoms with van der Waals surface area (Å²) in [6, 6.07) is 2.31. The highest BCUT2D eigenvalue weighted by atomic mass is 35.7. The fourth-order valence-electron chi connectivity index (χ4n) is 1.56. The summed E-state index contributed by atoms with van der Waals surface area (Å²) in [7, 11) is 1.23. The van der Waals surface area contributed by atoms with Gasteiger partial charge in [0.1, 0.15) is 4.90 Å². The van der Waals surface area contributed by atoms with E-state index in [4.69, 9.17) is 33.9 Å². The molecule has 1 aromatic rings. The molecule has 0 N–H and O–H groups in total.